The zero-order chi connectivity index (χ0) is 24.3. The zero-order valence-corrected chi connectivity index (χ0v) is 19.1. The van der Waals surface area contributed by atoms with Crippen molar-refractivity contribution >= 4 is 29.1 Å². The second kappa shape index (κ2) is 9.43. The molecular formula is C24H22N10O2. The summed E-state index contributed by atoms with van der Waals surface area (Å²) < 4.78 is 7.21. The first-order valence-corrected chi connectivity index (χ1v) is 11.4. The molecule has 0 saturated carbocycles. The fourth-order valence-corrected chi connectivity index (χ4v) is 3.97. The van der Waals surface area contributed by atoms with Gasteiger partial charge >= 0.3 is 6.03 Å². The van der Waals surface area contributed by atoms with E-state index in [1.165, 1.54) is 0 Å². The first-order chi connectivity index (χ1) is 17.7. The van der Waals surface area contributed by atoms with Gasteiger partial charge in [-0.3, -0.25) is 15.4 Å². The summed E-state index contributed by atoms with van der Waals surface area (Å²) in [6.45, 7) is 2.94. The lowest BCUT2D eigenvalue weighted by Crippen LogP contribution is -2.37. The highest BCUT2D eigenvalue weighted by molar-refractivity contribution is 5.99. The van der Waals surface area contributed by atoms with E-state index in [9.17, 15) is 4.79 Å². The molecule has 2 amide bonds. The highest BCUT2D eigenvalue weighted by atomic mass is 16.5. The third-order valence-corrected chi connectivity index (χ3v) is 5.74. The summed E-state index contributed by atoms with van der Waals surface area (Å²) in [5.41, 5.74) is 2.98. The third-order valence-electron chi connectivity index (χ3n) is 5.74. The van der Waals surface area contributed by atoms with Crippen molar-refractivity contribution in [3.63, 3.8) is 0 Å². The summed E-state index contributed by atoms with van der Waals surface area (Å²) in [7, 11) is 0. The summed E-state index contributed by atoms with van der Waals surface area (Å²) in [5, 5.41) is 17.2. The number of nitrogens with zero attached hydrogens (tertiary/aromatic N) is 7. The summed E-state index contributed by atoms with van der Waals surface area (Å²) >= 11 is 0. The summed E-state index contributed by atoms with van der Waals surface area (Å²) in [4.78, 5) is 27.7. The molecule has 180 valence electrons. The smallest absolute Gasteiger partial charge is 0.324 e. The van der Waals surface area contributed by atoms with Crippen molar-refractivity contribution in [1.29, 1.82) is 0 Å². The number of urea groups is 1. The largest absolute Gasteiger partial charge is 0.378 e. The molecule has 12 heteroatoms. The monoisotopic (exact) mass is 482 g/mol. The number of amides is 2. The van der Waals surface area contributed by atoms with E-state index in [0.717, 1.165) is 30.0 Å². The van der Waals surface area contributed by atoms with Gasteiger partial charge in [-0.25, -0.2) is 9.78 Å². The number of rotatable bonds is 5. The van der Waals surface area contributed by atoms with Gasteiger partial charge in [0.2, 0.25) is 0 Å². The molecule has 12 nitrogen and oxygen atoms in total. The lowest BCUT2D eigenvalue weighted by Gasteiger charge is -2.28. The predicted octanol–water partition coefficient (Wildman–Crippen LogP) is 3.06. The molecule has 0 bridgehead atoms. The molecule has 1 aliphatic heterocycles. The normalized spacial score (nSPS) is 13.6. The summed E-state index contributed by atoms with van der Waals surface area (Å²) in [6.07, 6.45) is 5.14. The van der Waals surface area contributed by atoms with Gasteiger partial charge in [0.25, 0.3) is 5.78 Å². The summed E-state index contributed by atoms with van der Waals surface area (Å²) in [6, 6.07) is 14.3. The quantitative estimate of drug-likeness (QED) is 0.347. The molecule has 1 fully saturated rings. The lowest BCUT2D eigenvalue weighted by molar-refractivity contribution is 0.122. The van der Waals surface area contributed by atoms with Gasteiger partial charge in [-0.05, 0) is 42.5 Å². The Morgan fingerprint density at radius 1 is 1.00 bits per heavy atom. The lowest BCUT2D eigenvalue weighted by atomic mass is 10.2. The van der Waals surface area contributed by atoms with Crippen molar-refractivity contribution in [2.45, 2.75) is 0 Å². The van der Waals surface area contributed by atoms with E-state index < -0.39 is 6.03 Å². The number of hydrogen-bond acceptors (Lipinski definition) is 8. The van der Waals surface area contributed by atoms with Crippen LogP contribution in [-0.2, 0) is 4.74 Å². The van der Waals surface area contributed by atoms with Crippen LogP contribution in [0.2, 0.25) is 0 Å². The van der Waals surface area contributed by atoms with Crippen LogP contribution in [0.25, 0.3) is 28.4 Å². The Kier molecular flexibility index (Phi) is 5.68. The molecule has 0 spiro atoms. The molecule has 5 aromatic rings. The van der Waals surface area contributed by atoms with Crippen molar-refractivity contribution < 1.29 is 9.53 Å². The Morgan fingerprint density at radius 2 is 1.86 bits per heavy atom. The second-order valence-electron chi connectivity index (χ2n) is 8.11. The first kappa shape index (κ1) is 21.7. The molecule has 0 unspecified atom stereocenters. The van der Waals surface area contributed by atoms with E-state index in [2.05, 4.69) is 45.8 Å². The maximum absolute atomic E-state index is 12.5. The number of benzene rings is 1. The van der Waals surface area contributed by atoms with Gasteiger partial charge in [0.1, 0.15) is 11.6 Å². The van der Waals surface area contributed by atoms with Crippen molar-refractivity contribution in [3.8, 4) is 22.6 Å². The van der Waals surface area contributed by atoms with Crippen LogP contribution in [0.3, 0.4) is 0 Å². The van der Waals surface area contributed by atoms with Crippen LogP contribution < -0.4 is 15.5 Å². The van der Waals surface area contributed by atoms with Crippen molar-refractivity contribution in [2.24, 2.45) is 0 Å². The fourth-order valence-electron chi connectivity index (χ4n) is 3.97. The maximum atomic E-state index is 12.5. The van der Waals surface area contributed by atoms with Gasteiger partial charge in [-0.15, -0.1) is 5.10 Å². The van der Waals surface area contributed by atoms with Gasteiger partial charge in [0, 0.05) is 54.6 Å². The highest BCUT2D eigenvalue weighted by Crippen LogP contribution is 2.22. The van der Waals surface area contributed by atoms with Crippen molar-refractivity contribution in [2.75, 3.05) is 41.8 Å². The Labute approximate surface area is 205 Å². The van der Waals surface area contributed by atoms with Gasteiger partial charge < -0.3 is 15.0 Å². The number of hydrogen-bond donors (Lipinski definition) is 3. The van der Waals surface area contributed by atoms with Gasteiger partial charge in [0.15, 0.2) is 5.82 Å². The summed E-state index contributed by atoms with van der Waals surface area (Å²) in [5.74, 6) is 2.49. The molecule has 6 rings (SSSR count). The zero-order valence-electron chi connectivity index (χ0n) is 19.1. The Morgan fingerprint density at radius 3 is 2.67 bits per heavy atom. The average molecular weight is 483 g/mol. The minimum atomic E-state index is -0.394. The molecule has 3 N–H and O–H groups in total. The van der Waals surface area contributed by atoms with Crippen molar-refractivity contribution in [1.82, 2.24) is 34.8 Å². The minimum absolute atomic E-state index is 0.394. The van der Waals surface area contributed by atoms with Crippen molar-refractivity contribution in [3.05, 3.63) is 67.1 Å². The molecular weight excluding hydrogens is 460 g/mol. The van der Waals surface area contributed by atoms with E-state index in [0.29, 0.717) is 42.0 Å². The fraction of sp³-hybridized carbons (Fsp3) is 0.167. The van der Waals surface area contributed by atoms with Crippen LogP contribution in [0.5, 0.6) is 0 Å². The Hall–Kier alpha value is -4.84. The standard InChI is InChI=1S/C24H22N10O2/c35-24(28-20-14-19(30-31-20)17-2-1-8-25-15-17)27-18-5-3-16(4-6-18)22-29-23-26-9-7-21(34(23)32-22)33-10-12-36-13-11-33/h1-9,14-15H,10-13H2,(H3,27,28,30,31,35). The van der Waals surface area contributed by atoms with Gasteiger partial charge in [-0.2, -0.15) is 14.6 Å². The van der Waals surface area contributed by atoms with E-state index >= 15 is 0 Å². The average Bonchev–Trinajstić information content (AvgIpc) is 3.57. The van der Waals surface area contributed by atoms with E-state index in [4.69, 9.17) is 4.74 Å². The number of aromatic nitrogens is 7. The van der Waals surface area contributed by atoms with Gasteiger partial charge in [0.05, 0.1) is 18.9 Å². The van der Waals surface area contributed by atoms with E-state index in [1.807, 2.05) is 30.3 Å². The Balaban J connectivity index is 1.14. The topological polar surface area (TPSA) is 138 Å². The van der Waals surface area contributed by atoms with Crippen LogP contribution in [0, 0.1) is 0 Å². The van der Waals surface area contributed by atoms with Crippen LogP contribution in [-0.4, -0.2) is 67.1 Å². The number of nitrogens with one attached hydrogen (secondary N) is 3. The molecule has 1 aliphatic rings. The number of pyridine rings is 1. The number of carbonyl (C=O) groups excluding carboxylic acids is 1. The molecule has 1 aromatic carbocycles. The SMILES string of the molecule is O=C(Nc1ccc(-c2nc3nccc(N4CCOCC4)n3n2)cc1)Nc1cc(-c2cccnc2)n[nH]1. The van der Waals surface area contributed by atoms with E-state index in [-0.39, 0.29) is 0 Å². The molecule has 0 aliphatic carbocycles. The first-order valence-electron chi connectivity index (χ1n) is 11.4. The molecule has 4 aromatic heterocycles. The number of carbonyl (C=O) groups is 1. The van der Waals surface area contributed by atoms with Crippen LogP contribution in [0.1, 0.15) is 0 Å². The number of morpholine rings is 1. The number of anilines is 3. The second-order valence-corrected chi connectivity index (χ2v) is 8.11. The van der Waals surface area contributed by atoms with Crippen LogP contribution >= 0.6 is 0 Å². The number of ether oxygens (including phenoxy) is 1. The minimum Gasteiger partial charge on any atom is -0.378 e. The Bertz CT molecular complexity index is 1490. The maximum Gasteiger partial charge on any atom is 0.324 e. The number of fused-ring (bicyclic) bond motifs is 1. The predicted molar refractivity (Wildman–Crippen MR) is 134 cm³/mol. The molecule has 1 saturated heterocycles. The number of aromatic amines is 1. The van der Waals surface area contributed by atoms with Crippen LogP contribution in [0.4, 0.5) is 22.1 Å². The highest BCUT2D eigenvalue weighted by Gasteiger charge is 2.17. The van der Waals surface area contributed by atoms with E-state index in [1.54, 1.807) is 41.3 Å². The van der Waals surface area contributed by atoms with Gasteiger partial charge in [-0.1, -0.05) is 0 Å². The molecule has 36 heavy (non-hydrogen) atoms. The van der Waals surface area contributed by atoms with Crippen LogP contribution in [0.15, 0.2) is 67.1 Å². The molecule has 0 radical (unpaired) electrons. The number of H-pyrrole nitrogens is 1. The molecule has 0 atom stereocenters. The molecule has 5 heterocycles. The third kappa shape index (κ3) is 4.44.